The summed E-state index contributed by atoms with van der Waals surface area (Å²) in [6.07, 6.45) is -4.43. The van der Waals surface area contributed by atoms with Gasteiger partial charge in [-0.1, -0.05) is 17.7 Å². The number of rotatable bonds is 4. The number of nitrogens with zero attached hydrogens (tertiary/aromatic N) is 1. The fourth-order valence-corrected chi connectivity index (χ4v) is 2.97. The lowest BCUT2D eigenvalue weighted by Crippen LogP contribution is -2.49. The normalized spacial score (nSPS) is 16.6. The van der Waals surface area contributed by atoms with Crippen molar-refractivity contribution in [3.05, 3.63) is 22.7 Å². The molecule has 4 nitrogen and oxygen atoms in total. The molecule has 1 atom stereocenters. The molecule has 0 saturated carbocycles. The van der Waals surface area contributed by atoms with Crippen LogP contribution in [0.4, 0.5) is 13.2 Å². The minimum atomic E-state index is -4.43. The Morgan fingerprint density at radius 2 is 1.71 bits per heavy atom. The maximum atomic E-state index is 13.6. The van der Waals surface area contributed by atoms with E-state index < -0.39 is 12.2 Å². The maximum absolute atomic E-state index is 13.6. The molecule has 24 heavy (non-hydrogen) atoms. The number of halogens is 6. The van der Waals surface area contributed by atoms with Crippen molar-refractivity contribution in [2.45, 2.75) is 12.2 Å². The minimum absolute atomic E-state index is 0. The van der Waals surface area contributed by atoms with E-state index in [9.17, 15) is 13.2 Å². The Balaban J connectivity index is 0.00000264. The van der Waals surface area contributed by atoms with Gasteiger partial charge < -0.3 is 14.8 Å². The van der Waals surface area contributed by atoms with Crippen molar-refractivity contribution in [2.24, 2.45) is 0 Å². The molecule has 1 aliphatic heterocycles. The van der Waals surface area contributed by atoms with E-state index in [1.807, 2.05) is 0 Å². The molecule has 1 heterocycles. The van der Waals surface area contributed by atoms with Crippen LogP contribution in [0.2, 0.25) is 5.02 Å². The van der Waals surface area contributed by atoms with Crippen molar-refractivity contribution < 1.29 is 22.6 Å². The smallest absolute Gasteiger partial charge is 0.408 e. The van der Waals surface area contributed by atoms with Crippen LogP contribution in [0.15, 0.2) is 12.1 Å². The molecule has 0 aromatic heterocycles. The summed E-state index contributed by atoms with van der Waals surface area (Å²) in [5.74, 6) is 0.420. The van der Waals surface area contributed by atoms with Crippen LogP contribution >= 0.6 is 36.4 Å². The Hall–Kier alpha value is -0.600. The van der Waals surface area contributed by atoms with Gasteiger partial charge in [0.1, 0.15) is 6.04 Å². The lowest BCUT2D eigenvalue weighted by atomic mass is 10.0. The topological polar surface area (TPSA) is 33.7 Å². The predicted molar refractivity (Wildman–Crippen MR) is 92.3 cm³/mol. The Morgan fingerprint density at radius 3 is 2.17 bits per heavy atom. The highest BCUT2D eigenvalue weighted by molar-refractivity contribution is 6.33. The van der Waals surface area contributed by atoms with Gasteiger partial charge in [0.15, 0.2) is 11.5 Å². The summed E-state index contributed by atoms with van der Waals surface area (Å²) in [5.41, 5.74) is -0.0197. The molecule has 1 aromatic carbocycles. The van der Waals surface area contributed by atoms with Gasteiger partial charge >= 0.3 is 6.18 Å². The molecule has 1 fully saturated rings. The summed E-state index contributed by atoms with van der Waals surface area (Å²) < 4.78 is 51.0. The van der Waals surface area contributed by atoms with E-state index in [2.05, 4.69) is 5.32 Å². The van der Waals surface area contributed by atoms with Crippen LogP contribution in [0.3, 0.4) is 0 Å². The van der Waals surface area contributed by atoms with Crippen molar-refractivity contribution in [3.63, 3.8) is 0 Å². The van der Waals surface area contributed by atoms with Gasteiger partial charge in [0, 0.05) is 31.7 Å². The predicted octanol–water partition coefficient (Wildman–Crippen LogP) is 3.71. The van der Waals surface area contributed by atoms with Crippen LogP contribution in [-0.2, 0) is 0 Å². The first-order valence-corrected chi connectivity index (χ1v) is 7.19. The second-order valence-corrected chi connectivity index (χ2v) is 5.31. The quantitative estimate of drug-likeness (QED) is 0.819. The van der Waals surface area contributed by atoms with Crippen molar-refractivity contribution in [1.29, 1.82) is 0 Å². The van der Waals surface area contributed by atoms with Crippen molar-refractivity contribution in [3.8, 4) is 11.5 Å². The number of alkyl halides is 3. The van der Waals surface area contributed by atoms with Gasteiger partial charge in [-0.05, 0) is 6.07 Å². The molecule has 1 N–H and O–H groups in total. The summed E-state index contributed by atoms with van der Waals surface area (Å²) in [5, 5.41) is 2.97. The minimum Gasteiger partial charge on any atom is -0.493 e. The maximum Gasteiger partial charge on any atom is 0.408 e. The third-order valence-electron chi connectivity index (χ3n) is 3.64. The van der Waals surface area contributed by atoms with Crippen molar-refractivity contribution in [2.75, 3.05) is 40.4 Å². The molecular formula is C14H20Cl3F3N2O2. The molecule has 1 aliphatic rings. The Morgan fingerprint density at radius 1 is 1.12 bits per heavy atom. The number of hydrogen-bond acceptors (Lipinski definition) is 4. The molecule has 0 unspecified atom stereocenters. The number of benzene rings is 1. The zero-order chi connectivity index (χ0) is 16.3. The van der Waals surface area contributed by atoms with E-state index in [-0.39, 0.29) is 41.1 Å². The van der Waals surface area contributed by atoms with Gasteiger partial charge in [-0.2, -0.15) is 13.2 Å². The van der Waals surface area contributed by atoms with Gasteiger partial charge in [-0.15, -0.1) is 24.8 Å². The lowest BCUT2D eigenvalue weighted by molar-refractivity contribution is -0.187. The van der Waals surface area contributed by atoms with Gasteiger partial charge in [0.05, 0.1) is 19.2 Å². The van der Waals surface area contributed by atoms with E-state index in [4.69, 9.17) is 21.1 Å². The zero-order valence-corrected chi connectivity index (χ0v) is 15.5. The summed E-state index contributed by atoms with van der Waals surface area (Å²) in [6, 6.07) is 1.03. The Kier molecular flexibility index (Phi) is 9.53. The molecule has 0 spiro atoms. The first-order chi connectivity index (χ1) is 10.4. The number of methoxy groups -OCH3 is 2. The number of hydrogen-bond donors (Lipinski definition) is 1. The fourth-order valence-electron chi connectivity index (χ4n) is 2.64. The average Bonchev–Trinajstić information content (AvgIpc) is 2.48. The SMILES string of the molecule is COc1ccc([C@H](N2CCNCC2)C(F)(F)F)c(Cl)c1OC.Cl.Cl. The van der Waals surface area contributed by atoms with Crippen molar-refractivity contribution >= 4 is 36.4 Å². The largest absolute Gasteiger partial charge is 0.493 e. The molecule has 0 amide bonds. The number of piperazine rings is 1. The van der Waals surface area contributed by atoms with E-state index in [1.165, 1.54) is 31.3 Å². The van der Waals surface area contributed by atoms with Crippen LogP contribution in [0, 0.1) is 0 Å². The highest BCUT2D eigenvalue weighted by atomic mass is 35.5. The summed E-state index contributed by atoms with van der Waals surface area (Å²) >= 11 is 6.17. The second kappa shape index (κ2) is 9.77. The number of ether oxygens (including phenoxy) is 2. The van der Waals surface area contributed by atoms with E-state index in [1.54, 1.807) is 0 Å². The molecule has 0 bridgehead atoms. The first kappa shape index (κ1) is 23.4. The monoisotopic (exact) mass is 410 g/mol. The molecule has 2 rings (SSSR count). The fraction of sp³-hybridized carbons (Fsp3) is 0.571. The molecule has 1 saturated heterocycles. The molecule has 0 radical (unpaired) electrons. The third-order valence-corrected chi connectivity index (χ3v) is 4.03. The lowest BCUT2D eigenvalue weighted by Gasteiger charge is -2.36. The molecule has 140 valence electrons. The van der Waals surface area contributed by atoms with Gasteiger partial charge in [0.25, 0.3) is 0 Å². The van der Waals surface area contributed by atoms with Crippen LogP contribution in [0.25, 0.3) is 0 Å². The van der Waals surface area contributed by atoms with E-state index in [0.29, 0.717) is 31.9 Å². The summed E-state index contributed by atoms with van der Waals surface area (Å²) in [4.78, 5) is 1.38. The van der Waals surface area contributed by atoms with Crippen LogP contribution < -0.4 is 14.8 Å². The molecule has 0 aliphatic carbocycles. The highest BCUT2D eigenvalue weighted by Gasteiger charge is 2.46. The van der Waals surface area contributed by atoms with Gasteiger partial charge in [-0.3, -0.25) is 4.90 Å². The number of nitrogens with one attached hydrogen (secondary N) is 1. The second-order valence-electron chi connectivity index (χ2n) is 4.93. The summed E-state index contributed by atoms with van der Waals surface area (Å²) in [7, 11) is 2.76. The molecular weight excluding hydrogens is 392 g/mol. The van der Waals surface area contributed by atoms with Crippen LogP contribution in [0.5, 0.6) is 11.5 Å². The Labute approximate surface area is 156 Å². The highest BCUT2D eigenvalue weighted by Crippen LogP contribution is 2.46. The summed E-state index contributed by atoms with van der Waals surface area (Å²) in [6.45, 7) is 1.62. The van der Waals surface area contributed by atoms with E-state index in [0.717, 1.165) is 0 Å². The first-order valence-electron chi connectivity index (χ1n) is 6.82. The van der Waals surface area contributed by atoms with Crippen molar-refractivity contribution in [1.82, 2.24) is 10.2 Å². The van der Waals surface area contributed by atoms with Gasteiger partial charge in [-0.25, -0.2) is 0 Å². The standard InChI is InChI=1S/C14H18ClF3N2O2.2ClH/c1-21-10-4-3-9(11(15)12(10)22-2)13(14(16,17)18)20-7-5-19-6-8-20;;/h3-4,13,19H,5-8H2,1-2H3;2*1H/t13-;;/m0../s1. The van der Waals surface area contributed by atoms with E-state index >= 15 is 0 Å². The third kappa shape index (κ3) is 4.95. The Bertz CT molecular complexity index is 527. The van der Waals surface area contributed by atoms with Gasteiger partial charge in [0.2, 0.25) is 0 Å². The molecule has 10 heteroatoms. The van der Waals surface area contributed by atoms with Crippen LogP contribution in [-0.4, -0.2) is 51.5 Å². The molecule has 1 aromatic rings. The van der Waals surface area contributed by atoms with Crippen LogP contribution in [0.1, 0.15) is 11.6 Å². The average molecular weight is 412 g/mol. The zero-order valence-electron chi connectivity index (χ0n) is 13.2.